The third-order valence-corrected chi connectivity index (χ3v) is 17.5. The van der Waals surface area contributed by atoms with Gasteiger partial charge in [-0.2, -0.15) is 0 Å². The number of halogens is 1. The molecule has 12 heteroatoms. The second kappa shape index (κ2) is 15.5. The largest absolute Gasteiger partial charge is 0.497 e. The molecule has 10 nitrogen and oxygen atoms in total. The molecule has 5 aromatic rings. The number of aromatic amines is 1. The standard InChI is InChI=1S/C45H49BrN4O6Si/c1-28-43(57(3,4)35-18-16-34(55-2)17-19-35)40(24-42(53)49-21-7-8-33(49)27-51)56-45(28)37-23-31(46)13-20-39(37)50(44(45)54)26-29-11-14-32(15-12-29)48-41(52)22-30-25-47-38-10-6-5-9-36(30)38/h5-6,9-20,23,25,28,33,40,43,47,51H,7-8,21-22,24,26-27H2,1-4H3,(H,48,52)/t28-,33-,40+,43-,45+/m0/s1. The van der Waals surface area contributed by atoms with Gasteiger partial charge in [-0.15, -0.1) is 0 Å². The molecule has 3 N–H and O–H groups in total. The minimum absolute atomic E-state index is 0.0456. The molecule has 3 aliphatic rings. The zero-order valence-electron chi connectivity index (χ0n) is 32.8. The fourth-order valence-electron chi connectivity index (χ4n) is 9.82. The third kappa shape index (κ3) is 7.00. The summed E-state index contributed by atoms with van der Waals surface area (Å²) in [4.78, 5) is 49.2. The maximum Gasteiger partial charge on any atom is 0.264 e. The van der Waals surface area contributed by atoms with Gasteiger partial charge in [-0.25, -0.2) is 0 Å². The Labute approximate surface area is 342 Å². The first-order valence-electron chi connectivity index (χ1n) is 19.7. The number of H-pyrrole nitrogens is 1. The number of carbonyl (C=O) groups excluding carboxylic acids is 3. The summed E-state index contributed by atoms with van der Waals surface area (Å²) in [6, 6.07) is 29.4. The molecule has 0 radical (unpaired) electrons. The Morgan fingerprint density at radius 3 is 2.54 bits per heavy atom. The molecule has 0 saturated carbocycles. The SMILES string of the molecule is COc1ccc([Si](C)(C)[C@@H]2[C@@H](CC(=O)N3CCC[C@H]3CO)O[C@]3(C(=O)N(Cc4ccc(NC(=O)Cc5c[nH]c6ccccc56)cc4)c4ccc(Br)cc43)[C@H]2C)cc1. The number of methoxy groups -OCH3 is 1. The summed E-state index contributed by atoms with van der Waals surface area (Å²) < 4.78 is 13.5. The van der Waals surface area contributed by atoms with E-state index in [4.69, 9.17) is 9.47 Å². The maximum atomic E-state index is 15.2. The van der Waals surface area contributed by atoms with E-state index in [2.05, 4.69) is 58.4 Å². The lowest BCUT2D eigenvalue weighted by Crippen LogP contribution is -2.52. The van der Waals surface area contributed by atoms with Gasteiger partial charge < -0.3 is 34.7 Å². The fraction of sp³-hybridized carbons (Fsp3) is 0.356. The first kappa shape index (κ1) is 39.1. The van der Waals surface area contributed by atoms with Crippen LogP contribution in [-0.4, -0.2) is 73.2 Å². The number of likely N-dealkylation sites (tertiary alicyclic amines) is 1. The summed E-state index contributed by atoms with van der Waals surface area (Å²) in [5, 5.41) is 15.3. The number of para-hydroxylation sites is 1. The lowest BCUT2D eigenvalue weighted by Gasteiger charge is -2.37. The Morgan fingerprint density at radius 1 is 1.05 bits per heavy atom. The summed E-state index contributed by atoms with van der Waals surface area (Å²) in [5.41, 5.74) is 3.66. The van der Waals surface area contributed by atoms with Gasteiger partial charge in [-0.05, 0) is 78.0 Å². The average molecular weight is 850 g/mol. The van der Waals surface area contributed by atoms with E-state index in [9.17, 15) is 14.7 Å². The monoisotopic (exact) mass is 848 g/mol. The van der Waals surface area contributed by atoms with Gasteiger partial charge in [-0.1, -0.05) is 83.6 Å². The predicted octanol–water partition coefficient (Wildman–Crippen LogP) is 7.26. The number of nitrogens with one attached hydrogen (secondary N) is 2. The highest BCUT2D eigenvalue weighted by atomic mass is 79.9. The molecule has 1 spiro atoms. The van der Waals surface area contributed by atoms with Crippen LogP contribution in [0.3, 0.4) is 0 Å². The number of hydrogen-bond donors (Lipinski definition) is 3. The van der Waals surface area contributed by atoms with Crippen LogP contribution in [0.5, 0.6) is 5.75 Å². The Balaban J connectivity index is 1.08. The molecule has 3 aliphatic heterocycles. The van der Waals surface area contributed by atoms with Crippen molar-refractivity contribution in [2.45, 2.75) is 75.5 Å². The van der Waals surface area contributed by atoms with Gasteiger partial charge in [0, 0.05) is 45.3 Å². The molecule has 296 valence electrons. The molecule has 4 aromatic carbocycles. The van der Waals surface area contributed by atoms with Crippen molar-refractivity contribution in [2.75, 3.05) is 30.5 Å². The number of aliphatic hydroxyl groups excluding tert-OH is 1. The number of nitrogens with zero attached hydrogens (tertiary/aromatic N) is 2. The van der Waals surface area contributed by atoms with Crippen molar-refractivity contribution >= 4 is 69.2 Å². The van der Waals surface area contributed by atoms with Crippen molar-refractivity contribution in [3.63, 3.8) is 0 Å². The van der Waals surface area contributed by atoms with Crippen LogP contribution in [0.25, 0.3) is 10.9 Å². The minimum Gasteiger partial charge on any atom is -0.497 e. The van der Waals surface area contributed by atoms with Gasteiger partial charge >= 0.3 is 0 Å². The van der Waals surface area contributed by atoms with E-state index < -0.39 is 19.8 Å². The smallest absolute Gasteiger partial charge is 0.264 e. The number of hydrogen-bond acceptors (Lipinski definition) is 6. The van der Waals surface area contributed by atoms with Crippen LogP contribution in [0.1, 0.15) is 42.9 Å². The molecule has 8 rings (SSSR count). The Kier molecular flexibility index (Phi) is 10.7. The topological polar surface area (TPSA) is 124 Å². The van der Waals surface area contributed by atoms with Gasteiger partial charge in [-0.3, -0.25) is 14.4 Å². The van der Waals surface area contributed by atoms with Gasteiger partial charge in [0.25, 0.3) is 5.91 Å². The van der Waals surface area contributed by atoms with E-state index in [-0.39, 0.29) is 54.7 Å². The van der Waals surface area contributed by atoms with Crippen LogP contribution < -0.4 is 20.1 Å². The molecular weight excluding hydrogens is 801 g/mol. The number of rotatable bonds is 11. The number of aliphatic hydroxyl groups is 1. The second-order valence-corrected chi connectivity index (χ2v) is 21.9. The summed E-state index contributed by atoms with van der Waals surface area (Å²) in [6.45, 7) is 7.58. The molecule has 2 saturated heterocycles. The third-order valence-electron chi connectivity index (χ3n) is 12.7. The van der Waals surface area contributed by atoms with Crippen LogP contribution in [0.15, 0.2) is 102 Å². The van der Waals surface area contributed by atoms with E-state index >= 15 is 4.79 Å². The molecule has 57 heavy (non-hydrogen) atoms. The molecule has 0 unspecified atom stereocenters. The number of anilines is 2. The zero-order valence-corrected chi connectivity index (χ0v) is 35.3. The first-order valence-corrected chi connectivity index (χ1v) is 23.6. The van der Waals surface area contributed by atoms with Crippen molar-refractivity contribution in [2.24, 2.45) is 5.92 Å². The summed E-state index contributed by atoms with van der Waals surface area (Å²) in [7, 11) is -0.815. The van der Waals surface area contributed by atoms with Gasteiger partial charge in [0.2, 0.25) is 11.8 Å². The first-order chi connectivity index (χ1) is 27.4. The molecule has 5 atom stereocenters. The molecule has 4 heterocycles. The Morgan fingerprint density at radius 2 is 1.81 bits per heavy atom. The number of ether oxygens (including phenoxy) is 2. The van der Waals surface area contributed by atoms with Crippen molar-refractivity contribution < 1.29 is 29.0 Å². The second-order valence-electron chi connectivity index (χ2n) is 16.3. The number of aromatic nitrogens is 1. The predicted molar refractivity (Wildman–Crippen MR) is 228 cm³/mol. The van der Waals surface area contributed by atoms with Crippen molar-refractivity contribution in [1.82, 2.24) is 9.88 Å². The van der Waals surface area contributed by atoms with Crippen molar-refractivity contribution in [3.05, 3.63) is 118 Å². The van der Waals surface area contributed by atoms with Crippen LogP contribution >= 0.6 is 15.9 Å². The maximum absolute atomic E-state index is 15.2. The summed E-state index contributed by atoms with van der Waals surface area (Å²) in [6.07, 6.45) is 3.35. The zero-order chi connectivity index (χ0) is 40.1. The molecule has 2 fully saturated rings. The lowest BCUT2D eigenvalue weighted by atomic mass is 9.82. The van der Waals surface area contributed by atoms with E-state index in [0.717, 1.165) is 56.3 Å². The van der Waals surface area contributed by atoms with E-state index in [1.54, 1.807) is 12.0 Å². The quantitative estimate of drug-likeness (QED) is 0.120. The lowest BCUT2D eigenvalue weighted by molar-refractivity contribution is -0.150. The van der Waals surface area contributed by atoms with Crippen LogP contribution in [0.2, 0.25) is 18.6 Å². The summed E-state index contributed by atoms with van der Waals surface area (Å²) >= 11 is 3.69. The van der Waals surface area contributed by atoms with Crippen molar-refractivity contribution in [1.29, 1.82) is 0 Å². The number of fused-ring (bicyclic) bond motifs is 3. The highest BCUT2D eigenvalue weighted by Gasteiger charge is 2.66. The molecule has 0 aliphatic carbocycles. The van der Waals surface area contributed by atoms with Crippen LogP contribution in [0, 0.1) is 5.92 Å². The van der Waals surface area contributed by atoms with Gasteiger partial charge in [0.05, 0.1) is 59.0 Å². The van der Waals surface area contributed by atoms with Gasteiger partial charge in [0.15, 0.2) is 5.60 Å². The van der Waals surface area contributed by atoms with E-state index in [0.29, 0.717) is 18.8 Å². The normalized spacial score (nSPS) is 23.1. The molecular formula is C45H49BrN4O6Si. The number of amides is 3. The highest BCUT2D eigenvalue weighted by Crippen LogP contribution is 2.60. The Hall–Kier alpha value is -4.75. The van der Waals surface area contributed by atoms with Crippen LogP contribution in [0.4, 0.5) is 11.4 Å². The number of carbonyl (C=O) groups is 3. The average Bonchev–Trinajstić information content (AvgIpc) is 3.97. The summed E-state index contributed by atoms with van der Waals surface area (Å²) in [5.74, 6) is 0.194. The molecule has 1 aromatic heterocycles. The van der Waals surface area contributed by atoms with Crippen LogP contribution in [-0.2, 0) is 37.7 Å². The number of benzene rings is 4. The Bertz CT molecular complexity index is 2310. The van der Waals surface area contributed by atoms with Gasteiger partial charge in [0.1, 0.15) is 5.75 Å². The van der Waals surface area contributed by atoms with E-state index in [1.807, 2.05) is 90.0 Å². The molecule has 0 bridgehead atoms. The van der Waals surface area contributed by atoms with E-state index in [1.165, 1.54) is 5.19 Å². The molecule has 3 amide bonds. The fourth-order valence-corrected chi connectivity index (χ4v) is 14.2. The minimum atomic E-state index is -2.47. The highest BCUT2D eigenvalue weighted by molar-refractivity contribution is 9.10. The van der Waals surface area contributed by atoms with Crippen molar-refractivity contribution in [3.8, 4) is 5.75 Å².